The van der Waals surface area contributed by atoms with Gasteiger partial charge < -0.3 is 5.32 Å². The van der Waals surface area contributed by atoms with Gasteiger partial charge in [-0.25, -0.2) is 9.67 Å². The lowest BCUT2D eigenvalue weighted by Gasteiger charge is -2.05. The van der Waals surface area contributed by atoms with E-state index >= 15 is 0 Å². The van der Waals surface area contributed by atoms with Crippen molar-refractivity contribution in [1.82, 2.24) is 35.1 Å². The van der Waals surface area contributed by atoms with Gasteiger partial charge in [-0.2, -0.15) is 5.10 Å². The van der Waals surface area contributed by atoms with Crippen LogP contribution in [0.15, 0.2) is 24.0 Å². The van der Waals surface area contributed by atoms with Crippen LogP contribution in [0.25, 0.3) is 10.6 Å². The number of hydrogen-bond acceptors (Lipinski definition) is 6. The highest BCUT2D eigenvalue weighted by Crippen LogP contribution is 2.55. The Bertz CT molecular complexity index is 863. The highest BCUT2D eigenvalue weighted by atomic mass is 32.1. The highest BCUT2D eigenvalue weighted by molar-refractivity contribution is 7.13. The Kier molecular flexibility index (Phi) is 2.75. The van der Waals surface area contributed by atoms with Crippen molar-refractivity contribution in [2.75, 3.05) is 13.1 Å². The van der Waals surface area contributed by atoms with E-state index in [1.807, 2.05) is 24.1 Å². The summed E-state index contributed by atoms with van der Waals surface area (Å²) < 4.78 is 3.70. The lowest BCUT2D eigenvalue weighted by Crippen LogP contribution is -2.19. The largest absolute Gasteiger partial charge is 0.315 e. The molecule has 3 aromatic heterocycles. The van der Waals surface area contributed by atoms with Crippen molar-refractivity contribution in [3.05, 3.63) is 35.4 Å². The molecular formula is C15H17N7S. The molecule has 2 fully saturated rings. The monoisotopic (exact) mass is 327 g/mol. The minimum absolute atomic E-state index is 0.265. The Labute approximate surface area is 137 Å². The van der Waals surface area contributed by atoms with Crippen LogP contribution in [0, 0.1) is 5.92 Å². The van der Waals surface area contributed by atoms with Gasteiger partial charge in [0.05, 0.1) is 24.1 Å². The number of aromatic nitrogens is 6. The second-order valence-corrected chi connectivity index (χ2v) is 7.39. The zero-order valence-electron chi connectivity index (χ0n) is 12.8. The van der Waals surface area contributed by atoms with Crippen molar-refractivity contribution < 1.29 is 0 Å². The number of nitrogens with zero attached hydrogens (tertiary/aromatic N) is 6. The molecule has 0 aromatic carbocycles. The first-order valence-electron chi connectivity index (χ1n) is 7.78. The molecule has 3 aromatic rings. The van der Waals surface area contributed by atoms with Crippen LogP contribution in [0.2, 0.25) is 0 Å². The van der Waals surface area contributed by atoms with Gasteiger partial charge in [0.2, 0.25) is 0 Å². The lowest BCUT2D eigenvalue weighted by atomic mass is 10.0. The van der Waals surface area contributed by atoms with Crippen LogP contribution in [0.1, 0.15) is 17.8 Å². The van der Waals surface area contributed by atoms with Gasteiger partial charge in [0.1, 0.15) is 5.01 Å². The van der Waals surface area contributed by atoms with E-state index in [1.165, 1.54) is 6.42 Å². The summed E-state index contributed by atoms with van der Waals surface area (Å²) in [5, 5.41) is 19.4. The topological polar surface area (TPSA) is 73.5 Å². The molecule has 118 valence electrons. The maximum absolute atomic E-state index is 4.69. The molecule has 0 amide bonds. The third-order valence-electron chi connectivity index (χ3n) is 4.94. The molecular weight excluding hydrogens is 310 g/mol. The standard InChI is InChI=1S/C15H17N7S/c1-21-5-10(3-17-21)14-18-12(8-23-14)6-22-7-13(19-20-22)15-2-11(15)4-16-9-15/h3,5,7-8,11,16H,2,4,6,9H2,1H3/t11-,15-/m1/s1. The van der Waals surface area contributed by atoms with Gasteiger partial charge in [-0.1, -0.05) is 5.21 Å². The van der Waals surface area contributed by atoms with E-state index in [1.54, 1.807) is 16.0 Å². The zero-order valence-corrected chi connectivity index (χ0v) is 13.6. The van der Waals surface area contributed by atoms with Gasteiger partial charge in [-0.15, -0.1) is 16.4 Å². The SMILES string of the molecule is Cn1cc(-c2nc(Cn3cc([C@]45CNC[C@H]4C5)nn3)cs2)cn1. The maximum Gasteiger partial charge on any atom is 0.126 e. The Morgan fingerprint density at radius 3 is 3.13 bits per heavy atom. The molecule has 4 heterocycles. The molecule has 1 aliphatic heterocycles. The van der Waals surface area contributed by atoms with Crippen LogP contribution in [0.3, 0.4) is 0 Å². The molecule has 8 heteroatoms. The number of fused-ring (bicyclic) bond motifs is 1. The van der Waals surface area contributed by atoms with Gasteiger partial charge in [-0.05, 0) is 18.9 Å². The van der Waals surface area contributed by atoms with Gasteiger partial charge in [0, 0.05) is 42.3 Å². The molecule has 1 N–H and O–H groups in total. The number of piperidine rings is 1. The van der Waals surface area contributed by atoms with E-state index in [9.17, 15) is 0 Å². The number of rotatable bonds is 4. The van der Waals surface area contributed by atoms with Crippen LogP contribution < -0.4 is 5.32 Å². The van der Waals surface area contributed by atoms with E-state index < -0.39 is 0 Å². The Balaban J connectivity index is 1.34. The first kappa shape index (κ1) is 13.4. The van der Waals surface area contributed by atoms with Gasteiger partial charge in [0.15, 0.2) is 0 Å². The van der Waals surface area contributed by atoms with Crippen molar-refractivity contribution in [2.45, 2.75) is 18.4 Å². The smallest absolute Gasteiger partial charge is 0.126 e. The summed E-state index contributed by atoms with van der Waals surface area (Å²) in [6.45, 7) is 2.82. The van der Waals surface area contributed by atoms with Crippen LogP contribution in [0.4, 0.5) is 0 Å². The second-order valence-electron chi connectivity index (χ2n) is 6.54. The molecule has 0 spiro atoms. The number of hydrogen-bond donors (Lipinski definition) is 1. The molecule has 23 heavy (non-hydrogen) atoms. The Hall–Kier alpha value is -2.06. The van der Waals surface area contributed by atoms with E-state index in [-0.39, 0.29) is 5.41 Å². The molecule has 1 saturated heterocycles. The van der Waals surface area contributed by atoms with Gasteiger partial charge >= 0.3 is 0 Å². The Morgan fingerprint density at radius 1 is 1.43 bits per heavy atom. The summed E-state index contributed by atoms with van der Waals surface area (Å²) >= 11 is 1.64. The zero-order chi connectivity index (χ0) is 15.4. The van der Waals surface area contributed by atoms with Crippen molar-refractivity contribution in [1.29, 1.82) is 0 Å². The third kappa shape index (κ3) is 2.13. The summed E-state index contributed by atoms with van der Waals surface area (Å²) in [5.41, 5.74) is 3.47. The normalized spacial score (nSPS) is 25.7. The highest BCUT2D eigenvalue weighted by Gasteiger charge is 2.59. The quantitative estimate of drug-likeness (QED) is 0.775. The summed E-state index contributed by atoms with van der Waals surface area (Å²) in [4.78, 5) is 4.69. The molecule has 5 rings (SSSR count). The Morgan fingerprint density at radius 2 is 2.39 bits per heavy atom. The van der Waals surface area contributed by atoms with E-state index in [0.717, 1.165) is 41.0 Å². The van der Waals surface area contributed by atoms with Crippen molar-refractivity contribution in [3.8, 4) is 10.6 Å². The van der Waals surface area contributed by atoms with Crippen LogP contribution in [-0.2, 0) is 19.0 Å². The number of aryl methyl sites for hydroxylation is 1. The fourth-order valence-corrected chi connectivity index (χ4v) is 4.34. The van der Waals surface area contributed by atoms with Crippen LogP contribution in [0.5, 0.6) is 0 Å². The molecule has 0 radical (unpaired) electrons. The predicted octanol–water partition coefficient (Wildman–Crippen LogP) is 1.04. The molecule has 0 bridgehead atoms. The van der Waals surface area contributed by atoms with E-state index in [2.05, 4.69) is 37.3 Å². The fourth-order valence-electron chi connectivity index (χ4n) is 3.55. The first-order chi connectivity index (χ1) is 11.2. The molecule has 2 atom stereocenters. The minimum atomic E-state index is 0.265. The summed E-state index contributed by atoms with van der Waals surface area (Å²) in [5.74, 6) is 0.754. The molecule has 1 saturated carbocycles. The van der Waals surface area contributed by atoms with Crippen molar-refractivity contribution in [2.24, 2.45) is 13.0 Å². The fraction of sp³-hybridized carbons (Fsp3) is 0.467. The maximum atomic E-state index is 4.69. The van der Waals surface area contributed by atoms with Gasteiger partial charge in [0.25, 0.3) is 0 Å². The van der Waals surface area contributed by atoms with Crippen LogP contribution >= 0.6 is 11.3 Å². The summed E-state index contributed by atoms with van der Waals surface area (Å²) in [6.07, 6.45) is 7.17. The average Bonchev–Trinajstić information content (AvgIpc) is 3.12. The molecule has 2 aliphatic rings. The second kappa shape index (κ2) is 4.72. The first-order valence-corrected chi connectivity index (χ1v) is 8.66. The predicted molar refractivity (Wildman–Crippen MR) is 86.1 cm³/mol. The lowest BCUT2D eigenvalue weighted by molar-refractivity contribution is 0.635. The summed E-state index contributed by atoms with van der Waals surface area (Å²) in [7, 11) is 1.91. The molecule has 1 aliphatic carbocycles. The minimum Gasteiger partial charge on any atom is -0.315 e. The van der Waals surface area contributed by atoms with Crippen LogP contribution in [-0.4, -0.2) is 42.8 Å². The van der Waals surface area contributed by atoms with E-state index in [0.29, 0.717) is 6.54 Å². The van der Waals surface area contributed by atoms with Crippen molar-refractivity contribution >= 4 is 11.3 Å². The van der Waals surface area contributed by atoms with E-state index in [4.69, 9.17) is 0 Å². The molecule has 7 nitrogen and oxygen atoms in total. The van der Waals surface area contributed by atoms with Crippen molar-refractivity contribution in [3.63, 3.8) is 0 Å². The third-order valence-corrected chi connectivity index (χ3v) is 5.88. The average molecular weight is 327 g/mol. The number of thiazole rings is 1. The molecule has 0 unspecified atom stereocenters. The summed E-state index contributed by atoms with van der Waals surface area (Å²) in [6, 6.07) is 0. The van der Waals surface area contributed by atoms with Gasteiger partial charge in [-0.3, -0.25) is 4.68 Å². The number of nitrogens with one attached hydrogen (secondary N) is 1.